The number of carbonyl (C=O) groups excluding carboxylic acids is 1. The number of nitrogens with zero attached hydrogens (tertiary/aromatic N) is 2. The van der Waals surface area contributed by atoms with E-state index in [9.17, 15) is 14.9 Å². The SMILES string of the molecule is CCOc1ccc(/C=N/NC(=O)Cc2ccc(C)cc2C)cc1[N+](=O)[O-]. The molecule has 0 aliphatic rings. The van der Waals surface area contributed by atoms with Crippen molar-refractivity contribution in [2.24, 2.45) is 5.10 Å². The second-order valence-corrected chi connectivity index (χ2v) is 5.82. The normalized spacial score (nSPS) is 10.7. The molecule has 0 aliphatic carbocycles. The van der Waals surface area contributed by atoms with Crippen LogP contribution in [0.1, 0.15) is 29.2 Å². The first kappa shape index (κ1) is 19.1. The van der Waals surface area contributed by atoms with Gasteiger partial charge < -0.3 is 4.74 Å². The number of amides is 1. The molecule has 1 amide bonds. The van der Waals surface area contributed by atoms with Crippen molar-refractivity contribution in [3.05, 3.63) is 68.8 Å². The Bertz CT molecular complexity index is 847. The summed E-state index contributed by atoms with van der Waals surface area (Å²) in [5, 5.41) is 15.0. The summed E-state index contributed by atoms with van der Waals surface area (Å²) in [6, 6.07) is 10.4. The van der Waals surface area contributed by atoms with Gasteiger partial charge in [-0.3, -0.25) is 14.9 Å². The van der Waals surface area contributed by atoms with Crippen LogP contribution < -0.4 is 10.2 Å². The van der Waals surface area contributed by atoms with Crippen molar-refractivity contribution < 1.29 is 14.5 Å². The Morgan fingerprint density at radius 1 is 1.27 bits per heavy atom. The first-order valence-electron chi connectivity index (χ1n) is 8.20. The number of hydrogen-bond acceptors (Lipinski definition) is 5. The number of ether oxygens (including phenoxy) is 1. The van der Waals surface area contributed by atoms with Crippen LogP contribution in [0.25, 0.3) is 0 Å². The van der Waals surface area contributed by atoms with Crippen molar-refractivity contribution in [3.8, 4) is 5.75 Å². The molecule has 0 saturated heterocycles. The molecule has 0 aromatic heterocycles. The average molecular weight is 355 g/mol. The first-order valence-corrected chi connectivity index (χ1v) is 8.20. The number of nitro benzene ring substituents is 1. The lowest BCUT2D eigenvalue weighted by molar-refractivity contribution is -0.385. The molecule has 136 valence electrons. The number of nitrogens with one attached hydrogen (secondary N) is 1. The molecule has 26 heavy (non-hydrogen) atoms. The Morgan fingerprint density at radius 2 is 2.04 bits per heavy atom. The third-order valence-electron chi connectivity index (χ3n) is 3.73. The van der Waals surface area contributed by atoms with Crippen LogP contribution in [0.2, 0.25) is 0 Å². The van der Waals surface area contributed by atoms with Crippen LogP contribution in [0.5, 0.6) is 5.75 Å². The second kappa shape index (κ2) is 8.75. The quantitative estimate of drug-likeness (QED) is 0.468. The predicted octanol–water partition coefficient (Wildman–Crippen LogP) is 3.30. The van der Waals surface area contributed by atoms with Gasteiger partial charge in [0.15, 0.2) is 5.75 Å². The largest absolute Gasteiger partial charge is 0.487 e. The Morgan fingerprint density at radius 3 is 2.69 bits per heavy atom. The van der Waals surface area contributed by atoms with Crippen molar-refractivity contribution in [2.75, 3.05) is 6.61 Å². The van der Waals surface area contributed by atoms with E-state index in [0.29, 0.717) is 12.2 Å². The zero-order valence-electron chi connectivity index (χ0n) is 15.0. The number of carbonyl (C=O) groups is 1. The van der Waals surface area contributed by atoms with Crippen molar-refractivity contribution >= 4 is 17.8 Å². The van der Waals surface area contributed by atoms with Gasteiger partial charge in [0.05, 0.1) is 24.2 Å². The smallest absolute Gasteiger partial charge is 0.311 e. The maximum atomic E-state index is 12.0. The van der Waals surface area contributed by atoms with Gasteiger partial charge in [-0.2, -0.15) is 5.10 Å². The Balaban J connectivity index is 2.02. The van der Waals surface area contributed by atoms with Gasteiger partial charge in [0.25, 0.3) is 0 Å². The molecular formula is C19H21N3O4. The highest BCUT2D eigenvalue weighted by Gasteiger charge is 2.15. The molecule has 0 unspecified atom stereocenters. The van der Waals surface area contributed by atoms with E-state index in [1.54, 1.807) is 13.0 Å². The van der Waals surface area contributed by atoms with E-state index in [0.717, 1.165) is 16.7 Å². The lowest BCUT2D eigenvalue weighted by Gasteiger charge is -2.06. The fraction of sp³-hybridized carbons (Fsp3) is 0.263. The van der Waals surface area contributed by atoms with Crippen molar-refractivity contribution in [2.45, 2.75) is 27.2 Å². The van der Waals surface area contributed by atoms with Gasteiger partial charge in [-0.05, 0) is 44.0 Å². The van der Waals surface area contributed by atoms with E-state index in [2.05, 4.69) is 10.5 Å². The number of hydrazone groups is 1. The summed E-state index contributed by atoms with van der Waals surface area (Å²) < 4.78 is 5.23. The van der Waals surface area contributed by atoms with Crippen LogP contribution in [-0.2, 0) is 11.2 Å². The molecule has 0 bridgehead atoms. The highest BCUT2D eigenvalue weighted by atomic mass is 16.6. The van der Waals surface area contributed by atoms with E-state index < -0.39 is 4.92 Å². The van der Waals surface area contributed by atoms with Crippen LogP contribution in [0.4, 0.5) is 5.69 Å². The lowest BCUT2D eigenvalue weighted by atomic mass is 10.0. The summed E-state index contributed by atoms with van der Waals surface area (Å²) in [4.78, 5) is 22.6. The van der Waals surface area contributed by atoms with Gasteiger partial charge >= 0.3 is 5.69 Å². The summed E-state index contributed by atoms with van der Waals surface area (Å²) >= 11 is 0. The third kappa shape index (κ3) is 5.14. The Labute approximate surface area is 151 Å². The van der Waals surface area contributed by atoms with Crippen LogP contribution in [0.15, 0.2) is 41.5 Å². The van der Waals surface area contributed by atoms with Crippen molar-refractivity contribution in [1.29, 1.82) is 0 Å². The Hall–Kier alpha value is -3.22. The standard InChI is InChI=1S/C19H21N3O4/c1-4-26-18-8-6-15(10-17(18)22(24)25)12-20-21-19(23)11-16-7-5-13(2)9-14(16)3/h5-10,12H,4,11H2,1-3H3,(H,21,23)/b20-12+. The van der Waals surface area contributed by atoms with E-state index in [1.807, 2.05) is 32.0 Å². The number of nitro groups is 1. The highest BCUT2D eigenvalue weighted by molar-refractivity contribution is 5.84. The van der Waals surface area contributed by atoms with Crippen molar-refractivity contribution in [1.82, 2.24) is 5.43 Å². The van der Waals surface area contributed by atoms with E-state index in [1.165, 1.54) is 18.3 Å². The van der Waals surface area contributed by atoms with Crippen LogP contribution in [0, 0.1) is 24.0 Å². The highest BCUT2D eigenvalue weighted by Crippen LogP contribution is 2.27. The summed E-state index contributed by atoms with van der Waals surface area (Å²) in [5.41, 5.74) is 5.91. The second-order valence-electron chi connectivity index (χ2n) is 5.82. The van der Waals surface area contributed by atoms with Gasteiger partial charge in [-0.15, -0.1) is 0 Å². The van der Waals surface area contributed by atoms with Gasteiger partial charge in [-0.1, -0.05) is 23.8 Å². The molecule has 7 nitrogen and oxygen atoms in total. The summed E-state index contributed by atoms with van der Waals surface area (Å²) in [7, 11) is 0. The molecule has 0 atom stereocenters. The maximum Gasteiger partial charge on any atom is 0.311 e. The maximum absolute atomic E-state index is 12.0. The number of aryl methyl sites for hydroxylation is 2. The molecule has 0 radical (unpaired) electrons. The predicted molar refractivity (Wildman–Crippen MR) is 99.6 cm³/mol. The number of hydrogen-bond donors (Lipinski definition) is 1. The molecular weight excluding hydrogens is 334 g/mol. The molecule has 0 heterocycles. The number of benzene rings is 2. The van der Waals surface area contributed by atoms with Gasteiger partial charge in [-0.25, -0.2) is 5.43 Å². The molecule has 2 rings (SSSR count). The van der Waals surface area contributed by atoms with Crippen LogP contribution >= 0.6 is 0 Å². The minimum Gasteiger partial charge on any atom is -0.487 e. The first-order chi connectivity index (χ1) is 12.4. The molecule has 2 aromatic carbocycles. The van der Waals surface area contributed by atoms with E-state index in [-0.39, 0.29) is 23.8 Å². The minimum absolute atomic E-state index is 0.141. The zero-order valence-corrected chi connectivity index (χ0v) is 15.0. The van der Waals surface area contributed by atoms with E-state index >= 15 is 0 Å². The summed E-state index contributed by atoms with van der Waals surface area (Å²) in [6.45, 7) is 6.04. The topological polar surface area (TPSA) is 93.8 Å². The molecule has 0 saturated carbocycles. The molecule has 2 aromatic rings. The summed E-state index contributed by atoms with van der Waals surface area (Å²) in [6.07, 6.45) is 1.58. The van der Waals surface area contributed by atoms with Crippen LogP contribution in [-0.4, -0.2) is 23.7 Å². The molecule has 0 aliphatic heterocycles. The molecule has 0 fully saturated rings. The minimum atomic E-state index is -0.513. The van der Waals surface area contributed by atoms with Crippen molar-refractivity contribution in [3.63, 3.8) is 0 Å². The average Bonchev–Trinajstić information content (AvgIpc) is 2.58. The van der Waals surface area contributed by atoms with Gasteiger partial charge in [0.2, 0.25) is 5.91 Å². The molecule has 0 spiro atoms. The molecule has 1 N–H and O–H groups in total. The van der Waals surface area contributed by atoms with Gasteiger partial charge in [0, 0.05) is 11.6 Å². The summed E-state index contributed by atoms with van der Waals surface area (Å²) in [5.74, 6) is -0.0535. The van der Waals surface area contributed by atoms with Gasteiger partial charge in [0.1, 0.15) is 0 Å². The fourth-order valence-corrected chi connectivity index (χ4v) is 2.47. The third-order valence-corrected chi connectivity index (χ3v) is 3.73. The molecule has 7 heteroatoms. The monoisotopic (exact) mass is 355 g/mol. The van der Waals surface area contributed by atoms with Crippen LogP contribution in [0.3, 0.4) is 0 Å². The number of rotatable bonds is 7. The lowest BCUT2D eigenvalue weighted by Crippen LogP contribution is -2.20. The fourth-order valence-electron chi connectivity index (χ4n) is 2.47. The van der Waals surface area contributed by atoms with E-state index in [4.69, 9.17) is 4.74 Å². The Kier molecular flexibility index (Phi) is 6.43. The zero-order chi connectivity index (χ0) is 19.1.